The maximum absolute atomic E-state index is 5.43. The Morgan fingerprint density at radius 2 is 2.06 bits per heavy atom. The summed E-state index contributed by atoms with van der Waals surface area (Å²) in [6.45, 7) is 4.86. The molecule has 0 aromatic heterocycles. The molecule has 0 fully saturated rings. The van der Waals surface area contributed by atoms with Crippen molar-refractivity contribution in [2.75, 3.05) is 13.6 Å². The minimum absolute atomic E-state index is 0.0806. The molecule has 1 aromatic carbocycles. The van der Waals surface area contributed by atoms with Crippen molar-refractivity contribution >= 4 is 21.6 Å². The molecule has 0 radical (unpaired) electrons. The molecular weight excluding hydrogens is 280 g/mol. The lowest BCUT2D eigenvalue weighted by Crippen LogP contribution is -2.22. The Morgan fingerprint density at radius 3 is 2.59 bits per heavy atom. The van der Waals surface area contributed by atoms with Crippen LogP contribution in [0.15, 0.2) is 33.9 Å². The first-order valence-corrected chi connectivity index (χ1v) is 6.60. The van der Waals surface area contributed by atoms with E-state index in [2.05, 4.69) is 33.3 Å². The monoisotopic (exact) mass is 298 g/mol. The molecule has 0 saturated carbocycles. The van der Waals surface area contributed by atoms with Crippen molar-refractivity contribution in [1.29, 1.82) is 0 Å². The average molecular weight is 299 g/mol. The molecule has 1 unspecified atom stereocenters. The highest BCUT2D eigenvalue weighted by atomic mass is 79.9. The first kappa shape index (κ1) is 14.2. The van der Waals surface area contributed by atoms with Crippen molar-refractivity contribution in [2.24, 2.45) is 5.16 Å². The quantitative estimate of drug-likeness (QED) is 0.646. The van der Waals surface area contributed by atoms with Crippen molar-refractivity contribution in [3.63, 3.8) is 0 Å². The van der Waals surface area contributed by atoms with Crippen LogP contribution in [0, 0.1) is 0 Å². The molecule has 3 nitrogen and oxygen atoms in total. The summed E-state index contributed by atoms with van der Waals surface area (Å²) in [4.78, 5) is 5.43. The highest BCUT2D eigenvalue weighted by Crippen LogP contribution is 2.12. The van der Waals surface area contributed by atoms with Gasteiger partial charge in [0.05, 0.1) is 5.71 Å². The van der Waals surface area contributed by atoms with Crippen LogP contribution in [0.3, 0.4) is 0 Å². The number of oxime groups is 1. The summed E-state index contributed by atoms with van der Waals surface area (Å²) in [5, 5.41) is 7.28. The summed E-state index contributed by atoms with van der Waals surface area (Å²) in [6.07, 6.45) is 0.936. The van der Waals surface area contributed by atoms with Gasteiger partial charge in [-0.05, 0) is 38.1 Å². The van der Waals surface area contributed by atoms with Gasteiger partial charge in [-0.3, -0.25) is 0 Å². The van der Waals surface area contributed by atoms with Crippen molar-refractivity contribution in [3.05, 3.63) is 34.3 Å². The normalized spacial score (nSPS) is 13.5. The third-order valence-corrected chi connectivity index (χ3v) is 2.88. The summed E-state index contributed by atoms with van der Waals surface area (Å²) < 4.78 is 1.07. The van der Waals surface area contributed by atoms with Gasteiger partial charge in [0.2, 0.25) is 0 Å². The van der Waals surface area contributed by atoms with E-state index in [1.807, 2.05) is 38.2 Å². The summed E-state index contributed by atoms with van der Waals surface area (Å²) in [5.74, 6) is 0. The van der Waals surface area contributed by atoms with Gasteiger partial charge < -0.3 is 10.2 Å². The number of rotatable bonds is 6. The van der Waals surface area contributed by atoms with Crippen molar-refractivity contribution in [1.82, 2.24) is 5.32 Å². The molecule has 0 amide bonds. The second-order valence-corrected chi connectivity index (χ2v) is 4.79. The molecule has 0 bridgehead atoms. The highest BCUT2D eigenvalue weighted by molar-refractivity contribution is 9.10. The molecule has 1 N–H and O–H groups in total. The molecule has 1 aromatic rings. The van der Waals surface area contributed by atoms with E-state index in [9.17, 15) is 0 Å². The average Bonchev–Trinajstić information content (AvgIpc) is 2.32. The number of nitrogens with one attached hydrogen (secondary N) is 1. The Kier molecular flexibility index (Phi) is 6.22. The largest absolute Gasteiger partial charge is 0.391 e. The van der Waals surface area contributed by atoms with Crippen LogP contribution in [0.4, 0.5) is 0 Å². The molecule has 0 aliphatic rings. The summed E-state index contributed by atoms with van der Waals surface area (Å²) in [7, 11) is 1.90. The van der Waals surface area contributed by atoms with Crippen LogP contribution in [0.25, 0.3) is 0 Å². The fraction of sp³-hybridized carbons (Fsp3) is 0.462. The smallest absolute Gasteiger partial charge is 0.137 e. The molecular formula is C13H19BrN2O. The molecule has 0 spiro atoms. The van der Waals surface area contributed by atoms with Gasteiger partial charge in [-0.2, -0.15) is 0 Å². The van der Waals surface area contributed by atoms with Crippen LogP contribution in [0.5, 0.6) is 0 Å². The van der Waals surface area contributed by atoms with Gasteiger partial charge in [0.1, 0.15) is 6.10 Å². The van der Waals surface area contributed by atoms with E-state index >= 15 is 0 Å². The predicted octanol–water partition coefficient (Wildman–Crippen LogP) is 3.19. The first-order valence-electron chi connectivity index (χ1n) is 5.80. The maximum atomic E-state index is 5.43. The Balaban J connectivity index is 2.70. The van der Waals surface area contributed by atoms with E-state index in [4.69, 9.17) is 4.84 Å². The van der Waals surface area contributed by atoms with Gasteiger partial charge in [0.15, 0.2) is 0 Å². The first-order chi connectivity index (χ1) is 8.17. The molecule has 0 heterocycles. The van der Waals surface area contributed by atoms with Crippen LogP contribution < -0.4 is 5.32 Å². The van der Waals surface area contributed by atoms with E-state index in [0.29, 0.717) is 0 Å². The van der Waals surface area contributed by atoms with E-state index in [0.717, 1.165) is 28.7 Å². The third-order valence-electron chi connectivity index (χ3n) is 2.35. The Hall–Kier alpha value is -0.870. The van der Waals surface area contributed by atoms with E-state index in [1.54, 1.807) is 0 Å². The zero-order valence-electron chi connectivity index (χ0n) is 10.5. The second kappa shape index (κ2) is 7.45. The predicted molar refractivity (Wildman–Crippen MR) is 75.4 cm³/mol. The second-order valence-electron chi connectivity index (χ2n) is 3.87. The maximum Gasteiger partial charge on any atom is 0.137 e. The number of halogens is 1. The molecule has 1 rings (SSSR count). The standard InChI is InChI=1S/C13H19BrN2O/c1-4-13(16-17-10(2)9-15-3)11-5-7-12(14)8-6-11/h5-8,10,15H,4,9H2,1-3H3/b16-13+. The van der Waals surface area contributed by atoms with Crippen LogP contribution >= 0.6 is 15.9 Å². The third kappa shape index (κ3) is 4.88. The SMILES string of the molecule is CC/C(=N\OC(C)CNC)c1ccc(Br)cc1. The minimum atomic E-state index is 0.0806. The zero-order chi connectivity index (χ0) is 12.7. The summed E-state index contributed by atoms with van der Waals surface area (Å²) in [5.41, 5.74) is 2.08. The number of benzene rings is 1. The van der Waals surface area contributed by atoms with Crippen LogP contribution in [-0.4, -0.2) is 25.4 Å². The van der Waals surface area contributed by atoms with Crippen LogP contribution in [0.2, 0.25) is 0 Å². The molecule has 4 heteroatoms. The van der Waals surface area contributed by atoms with Crippen LogP contribution in [-0.2, 0) is 4.84 Å². The topological polar surface area (TPSA) is 33.6 Å². The fourth-order valence-corrected chi connectivity index (χ4v) is 1.71. The van der Waals surface area contributed by atoms with E-state index < -0.39 is 0 Å². The number of hydrogen-bond acceptors (Lipinski definition) is 3. The number of nitrogens with zero attached hydrogens (tertiary/aromatic N) is 1. The van der Waals surface area contributed by atoms with Gasteiger partial charge >= 0.3 is 0 Å². The summed E-state index contributed by atoms with van der Waals surface area (Å²) >= 11 is 3.42. The van der Waals surface area contributed by atoms with Gasteiger partial charge in [-0.1, -0.05) is 40.1 Å². The number of likely N-dealkylation sites (N-methyl/N-ethyl adjacent to an activating group) is 1. The van der Waals surface area contributed by atoms with E-state index in [1.165, 1.54) is 0 Å². The van der Waals surface area contributed by atoms with Gasteiger partial charge in [0, 0.05) is 11.0 Å². The molecule has 0 aliphatic heterocycles. The lowest BCUT2D eigenvalue weighted by atomic mass is 10.1. The molecule has 0 saturated heterocycles. The Bertz CT molecular complexity index is 362. The molecule has 1 atom stereocenters. The molecule has 94 valence electrons. The Morgan fingerprint density at radius 1 is 1.41 bits per heavy atom. The lowest BCUT2D eigenvalue weighted by molar-refractivity contribution is 0.0734. The van der Waals surface area contributed by atoms with Gasteiger partial charge in [-0.25, -0.2) is 0 Å². The zero-order valence-corrected chi connectivity index (χ0v) is 12.1. The molecule has 17 heavy (non-hydrogen) atoms. The fourth-order valence-electron chi connectivity index (χ4n) is 1.44. The van der Waals surface area contributed by atoms with Gasteiger partial charge in [0.25, 0.3) is 0 Å². The van der Waals surface area contributed by atoms with Crippen molar-refractivity contribution in [3.8, 4) is 0 Å². The number of hydrogen-bond donors (Lipinski definition) is 1. The molecule has 0 aliphatic carbocycles. The van der Waals surface area contributed by atoms with Crippen LogP contribution in [0.1, 0.15) is 25.8 Å². The lowest BCUT2D eigenvalue weighted by Gasteiger charge is -2.10. The Labute approximate surface area is 111 Å². The highest BCUT2D eigenvalue weighted by Gasteiger charge is 2.04. The van der Waals surface area contributed by atoms with Gasteiger partial charge in [-0.15, -0.1) is 0 Å². The van der Waals surface area contributed by atoms with Crippen molar-refractivity contribution < 1.29 is 4.84 Å². The minimum Gasteiger partial charge on any atom is -0.391 e. The summed E-state index contributed by atoms with van der Waals surface area (Å²) in [6, 6.07) is 8.10. The van der Waals surface area contributed by atoms with Crippen molar-refractivity contribution in [2.45, 2.75) is 26.4 Å². The van der Waals surface area contributed by atoms with E-state index in [-0.39, 0.29) is 6.10 Å².